The number of rotatable bonds is 5. The van der Waals surface area contributed by atoms with Crippen molar-refractivity contribution >= 4 is 27.5 Å². The molecule has 0 aliphatic carbocycles. The molecule has 1 aliphatic heterocycles. The summed E-state index contributed by atoms with van der Waals surface area (Å²) in [5, 5.41) is 11.8. The van der Waals surface area contributed by atoms with E-state index in [9.17, 15) is 31.5 Å². The molecule has 2 aromatic rings. The number of ether oxygens (including phenoxy) is 2. The zero-order valence-electron chi connectivity index (χ0n) is 18.7. The Kier molecular flexibility index (Phi) is 7.04. The van der Waals surface area contributed by atoms with Crippen LogP contribution < -0.4 is 14.4 Å². The van der Waals surface area contributed by atoms with Gasteiger partial charge in [-0.2, -0.15) is 13.2 Å². The topological polar surface area (TPSA) is 105 Å². The minimum absolute atomic E-state index is 0.0279. The lowest BCUT2D eigenvalue weighted by atomic mass is 10.1. The van der Waals surface area contributed by atoms with E-state index in [4.69, 9.17) is 9.47 Å². The van der Waals surface area contributed by atoms with Crippen molar-refractivity contribution < 1.29 is 41.0 Å². The van der Waals surface area contributed by atoms with Crippen LogP contribution in [0.1, 0.15) is 32.8 Å². The number of hydrogen-bond acceptors (Lipinski definition) is 6. The Morgan fingerprint density at radius 3 is 2.53 bits per heavy atom. The van der Waals surface area contributed by atoms with Gasteiger partial charge in [0.25, 0.3) is 10.0 Å². The number of fused-ring (bicyclic) bond motifs is 1. The summed E-state index contributed by atoms with van der Waals surface area (Å²) in [4.78, 5) is 11.6. The third kappa shape index (κ3) is 5.92. The summed E-state index contributed by atoms with van der Waals surface area (Å²) in [6.45, 7) is 4.51. The van der Waals surface area contributed by atoms with Crippen LogP contribution in [0.25, 0.3) is 0 Å². The average Bonchev–Trinajstić information content (AvgIpc) is 2.71. The van der Waals surface area contributed by atoms with E-state index >= 15 is 0 Å². The maximum absolute atomic E-state index is 13.4. The van der Waals surface area contributed by atoms with Crippen molar-refractivity contribution in [1.29, 1.82) is 0 Å². The van der Waals surface area contributed by atoms with Crippen LogP contribution in [0.4, 0.5) is 29.3 Å². The molecule has 0 radical (unpaired) electrons. The molecule has 0 spiro atoms. The van der Waals surface area contributed by atoms with Gasteiger partial charge in [-0.05, 0) is 57.2 Å². The number of carbonyl (C=O) groups is 1. The van der Waals surface area contributed by atoms with E-state index in [1.165, 1.54) is 18.2 Å². The third-order valence-corrected chi connectivity index (χ3v) is 6.51. The number of sulfonamides is 1. The molecule has 2 N–H and O–H groups in total. The summed E-state index contributed by atoms with van der Waals surface area (Å²) in [6.07, 6.45) is -6.12. The number of nitrogens with one attached hydrogen (secondary N) is 1. The first-order chi connectivity index (χ1) is 15.7. The van der Waals surface area contributed by atoms with Gasteiger partial charge in [0.2, 0.25) is 0 Å². The van der Waals surface area contributed by atoms with Crippen LogP contribution in [0.3, 0.4) is 0 Å². The van der Waals surface area contributed by atoms with Crippen LogP contribution in [-0.2, 0) is 20.9 Å². The lowest BCUT2D eigenvalue weighted by Gasteiger charge is -2.35. The SMILES string of the molecule is CC(C)(C)OC(=O)Nc1ccc2c(c1)N(S(=O)(=O)c1cccc(C(F)(F)F)c1)C[C@H](CCO)O2. The number of aliphatic hydroxyl groups is 1. The fourth-order valence-corrected chi connectivity index (χ4v) is 4.84. The van der Waals surface area contributed by atoms with E-state index < -0.39 is 44.5 Å². The lowest BCUT2D eigenvalue weighted by Crippen LogP contribution is -2.44. The van der Waals surface area contributed by atoms with Gasteiger partial charge in [0.1, 0.15) is 17.5 Å². The maximum atomic E-state index is 13.4. The van der Waals surface area contributed by atoms with Gasteiger partial charge in [-0.3, -0.25) is 9.62 Å². The molecule has 0 saturated carbocycles. The van der Waals surface area contributed by atoms with E-state index in [0.29, 0.717) is 6.07 Å². The van der Waals surface area contributed by atoms with Crippen molar-refractivity contribution in [1.82, 2.24) is 0 Å². The van der Waals surface area contributed by atoms with Crippen molar-refractivity contribution in [2.24, 2.45) is 0 Å². The third-order valence-electron chi connectivity index (χ3n) is 4.74. The fourth-order valence-electron chi connectivity index (χ4n) is 3.29. The standard InChI is InChI=1S/C22H25F3N2O6S/c1-21(2,3)33-20(29)26-15-7-8-19-18(12-15)27(13-16(32-19)9-10-28)34(30,31)17-6-4-5-14(11-17)22(23,24)25/h4-8,11-12,16,28H,9-10,13H2,1-3H3,(H,26,29)/t16-/m0/s1. The highest BCUT2D eigenvalue weighted by atomic mass is 32.2. The van der Waals surface area contributed by atoms with Crippen LogP contribution in [0.2, 0.25) is 0 Å². The monoisotopic (exact) mass is 502 g/mol. The Labute approximate surface area is 195 Å². The van der Waals surface area contributed by atoms with E-state index in [1.54, 1.807) is 20.8 Å². The van der Waals surface area contributed by atoms with Crippen LogP contribution in [-0.4, -0.2) is 44.5 Å². The first kappa shape index (κ1) is 25.6. The predicted octanol–water partition coefficient (Wildman–Crippen LogP) is 4.39. The van der Waals surface area contributed by atoms with Gasteiger partial charge in [-0.15, -0.1) is 0 Å². The second-order valence-electron chi connectivity index (χ2n) is 8.62. The molecule has 186 valence electrons. The van der Waals surface area contributed by atoms with Gasteiger partial charge in [-0.1, -0.05) is 6.07 Å². The Hall–Kier alpha value is -2.99. The van der Waals surface area contributed by atoms with E-state index in [-0.39, 0.29) is 36.7 Å². The number of benzene rings is 2. The summed E-state index contributed by atoms with van der Waals surface area (Å²) < 4.78 is 78.3. The molecule has 1 aliphatic rings. The molecule has 1 amide bonds. The summed E-state index contributed by atoms with van der Waals surface area (Å²) in [7, 11) is -4.46. The minimum Gasteiger partial charge on any atom is -0.486 e. The summed E-state index contributed by atoms with van der Waals surface area (Å²) in [6, 6.07) is 7.67. The molecule has 34 heavy (non-hydrogen) atoms. The number of alkyl halides is 3. The van der Waals surface area contributed by atoms with Crippen LogP contribution in [0, 0.1) is 0 Å². The molecular formula is C22H25F3N2O6S. The molecule has 1 atom stereocenters. The molecule has 2 aromatic carbocycles. The number of carbonyl (C=O) groups excluding carboxylic acids is 1. The number of aliphatic hydroxyl groups excluding tert-OH is 1. The number of amides is 1. The van der Waals surface area contributed by atoms with E-state index in [0.717, 1.165) is 22.5 Å². The van der Waals surface area contributed by atoms with Gasteiger partial charge in [0.15, 0.2) is 0 Å². The summed E-state index contributed by atoms with van der Waals surface area (Å²) in [5.41, 5.74) is -1.64. The van der Waals surface area contributed by atoms with Gasteiger partial charge in [0, 0.05) is 18.7 Å². The highest BCUT2D eigenvalue weighted by Crippen LogP contribution is 2.40. The lowest BCUT2D eigenvalue weighted by molar-refractivity contribution is -0.137. The van der Waals surface area contributed by atoms with Crippen LogP contribution >= 0.6 is 0 Å². The van der Waals surface area contributed by atoms with Crippen molar-refractivity contribution in [3.05, 3.63) is 48.0 Å². The highest BCUT2D eigenvalue weighted by molar-refractivity contribution is 7.92. The number of anilines is 2. The molecule has 1 heterocycles. The van der Waals surface area contributed by atoms with Crippen molar-refractivity contribution in [2.75, 3.05) is 22.8 Å². The summed E-state index contributed by atoms with van der Waals surface area (Å²) >= 11 is 0. The molecule has 12 heteroatoms. The Morgan fingerprint density at radius 2 is 1.91 bits per heavy atom. The molecule has 0 unspecified atom stereocenters. The largest absolute Gasteiger partial charge is 0.486 e. The molecule has 0 saturated heterocycles. The zero-order valence-corrected chi connectivity index (χ0v) is 19.5. The Balaban J connectivity index is 2.02. The second-order valence-corrected chi connectivity index (χ2v) is 10.5. The average molecular weight is 503 g/mol. The Bertz CT molecular complexity index is 1160. The number of halogens is 3. The molecule has 3 rings (SSSR count). The first-order valence-corrected chi connectivity index (χ1v) is 11.8. The van der Waals surface area contributed by atoms with E-state index in [2.05, 4.69) is 5.32 Å². The zero-order chi connectivity index (χ0) is 25.3. The smallest absolute Gasteiger partial charge is 0.416 e. The number of hydrogen-bond donors (Lipinski definition) is 2. The van der Waals surface area contributed by atoms with Gasteiger partial charge < -0.3 is 14.6 Å². The van der Waals surface area contributed by atoms with Crippen molar-refractivity contribution in [2.45, 2.75) is 50.0 Å². The first-order valence-electron chi connectivity index (χ1n) is 10.3. The van der Waals surface area contributed by atoms with Crippen molar-refractivity contribution in [3.8, 4) is 5.75 Å². The van der Waals surface area contributed by atoms with Crippen LogP contribution in [0.15, 0.2) is 47.4 Å². The highest BCUT2D eigenvalue weighted by Gasteiger charge is 2.37. The Morgan fingerprint density at radius 1 is 1.21 bits per heavy atom. The quantitative estimate of drug-likeness (QED) is 0.628. The molecule has 8 nitrogen and oxygen atoms in total. The van der Waals surface area contributed by atoms with E-state index in [1.807, 2.05) is 0 Å². The molecule has 0 aromatic heterocycles. The summed E-state index contributed by atoms with van der Waals surface area (Å²) in [5.74, 6) is 0.134. The normalized spacial score (nSPS) is 16.4. The molecule has 0 bridgehead atoms. The van der Waals surface area contributed by atoms with Crippen molar-refractivity contribution in [3.63, 3.8) is 0 Å². The van der Waals surface area contributed by atoms with Gasteiger partial charge in [0.05, 0.1) is 22.7 Å². The minimum atomic E-state index is -4.72. The number of nitrogens with zero attached hydrogens (tertiary/aromatic N) is 1. The maximum Gasteiger partial charge on any atom is 0.416 e. The fraction of sp³-hybridized carbons (Fsp3) is 0.409. The van der Waals surface area contributed by atoms with Gasteiger partial charge >= 0.3 is 12.3 Å². The second kappa shape index (κ2) is 9.34. The molecule has 0 fully saturated rings. The predicted molar refractivity (Wildman–Crippen MR) is 118 cm³/mol. The van der Waals surface area contributed by atoms with Gasteiger partial charge in [-0.25, -0.2) is 13.2 Å². The van der Waals surface area contributed by atoms with Crippen LogP contribution in [0.5, 0.6) is 5.75 Å². The molecular weight excluding hydrogens is 477 g/mol.